The van der Waals surface area contributed by atoms with E-state index < -0.39 is 28.3 Å². The van der Waals surface area contributed by atoms with E-state index in [1.165, 1.54) is 18.2 Å². The van der Waals surface area contributed by atoms with Crippen LogP contribution in [-0.2, 0) is 23.1 Å². The summed E-state index contributed by atoms with van der Waals surface area (Å²) in [5, 5.41) is 27.0. The van der Waals surface area contributed by atoms with Gasteiger partial charge in [-0.25, -0.2) is 13.2 Å². The highest BCUT2D eigenvalue weighted by atomic mass is 32.2. The summed E-state index contributed by atoms with van der Waals surface area (Å²) in [5.74, 6) is 2.38. The van der Waals surface area contributed by atoms with Gasteiger partial charge in [0.05, 0.1) is 29.7 Å². The number of hydrogen-bond acceptors (Lipinski definition) is 11. The maximum absolute atomic E-state index is 13.7. The summed E-state index contributed by atoms with van der Waals surface area (Å²) >= 11 is 0. The number of fused-ring (bicyclic) bond motifs is 1. The number of amides is 1. The molecule has 14 nitrogen and oxygen atoms in total. The fraction of sp³-hybridized carbons (Fsp3) is 0.344. The number of aliphatic hydroxyl groups excluding tert-OH is 1. The number of hydrogen-bond donors (Lipinski definition) is 3. The fourth-order valence-electron chi connectivity index (χ4n) is 5.01. The van der Waals surface area contributed by atoms with Crippen molar-refractivity contribution in [1.29, 1.82) is 0 Å². The molecule has 3 N–H and O–H groups in total. The number of sulfonamides is 1. The number of aromatic nitrogens is 2. The summed E-state index contributed by atoms with van der Waals surface area (Å²) in [6.07, 6.45) is -2.64. The minimum atomic E-state index is -4.08. The zero-order valence-corrected chi connectivity index (χ0v) is 26.8. The van der Waals surface area contributed by atoms with Crippen molar-refractivity contribution in [2.45, 2.75) is 43.9 Å². The third-order valence-electron chi connectivity index (χ3n) is 7.27. The van der Waals surface area contributed by atoms with Crippen molar-refractivity contribution in [2.24, 2.45) is 5.92 Å². The van der Waals surface area contributed by atoms with Crippen LogP contribution in [0.3, 0.4) is 0 Å². The van der Waals surface area contributed by atoms with Crippen LogP contribution in [0, 0.1) is 5.92 Å². The number of para-hydroxylation sites is 1. The molecule has 250 valence electrons. The topological polar surface area (TPSA) is 183 Å². The lowest BCUT2D eigenvalue weighted by atomic mass is 10.0. The molecule has 0 unspecified atom stereocenters. The maximum Gasteiger partial charge on any atom is 0.404 e. The van der Waals surface area contributed by atoms with Gasteiger partial charge in [0, 0.05) is 19.2 Å². The number of ether oxygens (including phenoxy) is 4. The molecule has 2 heterocycles. The van der Waals surface area contributed by atoms with Crippen LogP contribution in [0.5, 0.6) is 23.0 Å². The van der Waals surface area contributed by atoms with Gasteiger partial charge in [0.15, 0.2) is 18.1 Å². The Morgan fingerprint density at radius 2 is 1.79 bits per heavy atom. The minimum Gasteiger partial charge on any atom is -0.496 e. The van der Waals surface area contributed by atoms with Crippen LogP contribution in [0.4, 0.5) is 4.79 Å². The molecule has 47 heavy (non-hydrogen) atoms. The molecule has 0 bridgehead atoms. The molecule has 0 radical (unpaired) electrons. The van der Waals surface area contributed by atoms with Crippen LogP contribution in [0.1, 0.15) is 25.2 Å². The average molecular weight is 669 g/mol. The second kappa shape index (κ2) is 14.7. The lowest BCUT2D eigenvalue weighted by molar-refractivity contribution is 0.0980. The summed E-state index contributed by atoms with van der Waals surface area (Å²) in [4.78, 5) is 16.0. The van der Waals surface area contributed by atoms with E-state index in [4.69, 9.17) is 23.5 Å². The number of aliphatic hydroxyl groups is 1. The summed E-state index contributed by atoms with van der Waals surface area (Å²) in [6, 6.07) is 17.4. The van der Waals surface area contributed by atoms with Crippen molar-refractivity contribution in [3.05, 3.63) is 78.1 Å². The van der Waals surface area contributed by atoms with Gasteiger partial charge >= 0.3 is 6.09 Å². The molecule has 1 aliphatic heterocycles. The Morgan fingerprint density at radius 1 is 1.04 bits per heavy atom. The third-order valence-corrected chi connectivity index (χ3v) is 9.09. The van der Waals surface area contributed by atoms with Gasteiger partial charge in [-0.15, -0.1) is 0 Å². The van der Waals surface area contributed by atoms with Crippen LogP contribution < -0.4 is 24.3 Å². The van der Waals surface area contributed by atoms with E-state index in [0.29, 0.717) is 45.8 Å². The highest BCUT2D eigenvalue weighted by Crippen LogP contribution is 2.35. The SMILES string of the molecule is COc1ccccc1-c1nc(COc2ccc(C[C@H](NC(=O)O)[C@H](O)CN(CC(C)C)S(=O)(=O)c3ccc4c(c3)OCO4)cc2)no1. The van der Waals surface area contributed by atoms with E-state index >= 15 is 0 Å². The number of methoxy groups -OCH3 is 1. The Labute approximate surface area is 271 Å². The van der Waals surface area contributed by atoms with Gasteiger partial charge in [-0.05, 0) is 54.3 Å². The molecule has 1 amide bonds. The average Bonchev–Trinajstić information content (AvgIpc) is 3.73. The monoisotopic (exact) mass is 668 g/mol. The molecule has 0 saturated heterocycles. The van der Waals surface area contributed by atoms with Gasteiger partial charge in [0.2, 0.25) is 22.6 Å². The predicted molar refractivity (Wildman–Crippen MR) is 168 cm³/mol. The first-order valence-corrected chi connectivity index (χ1v) is 16.2. The Balaban J connectivity index is 1.24. The first kappa shape index (κ1) is 33.5. The zero-order chi connectivity index (χ0) is 33.6. The van der Waals surface area contributed by atoms with Crippen molar-refractivity contribution < 1.29 is 46.9 Å². The first-order valence-electron chi connectivity index (χ1n) is 14.8. The molecule has 15 heteroatoms. The predicted octanol–water partition coefficient (Wildman–Crippen LogP) is 3.94. The molecule has 0 aliphatic carbocycles. The highest BCUT2D eigenvalue weighted by Gasteiger charge is 2.32. The van der Waals surface area contributed by atoms with E-state index in [2.05, 4.69) is 15.5 Å². The van der Waals surface area contributed by atoms with Gasteiger partial charge in [-0.2, -0.15) is 9.29 Å². The Kier molecular flexibility index (Phi) is 10.5. The lowest BCUT2D eigenvalue weighted by Crippen LogP contribution is -2.50. The van der Waals surface area contributed by atoms with Crippen molar-refractivity contribution in [3.8, 4) is 34.5 Å². The molecule has 1 aromatic heterocycles. The van der Waals surface area contributed by atoms with Crippen LogP contribution in [0.2, 0.25) is 0 Å². The maximum atomic E-state index is 13.7. The van der Waals surface area contributed by atoms with E-state index in [-0.39, 0.29) is 43.7 Å². The molecule has 3 aromatic carbocycles. The van der Waals surface area contributed by atoms with Gasteiger partial charge in [0.25, 0.3) is 5.89 Å². The summed E-state index contributed by atoms with van der Waals surface area (Å²) in [5.41, 5.74) is 1.34. The summed E-state index contributed by atoms with van der Waals surface area (Å²) < 4.78 is 55.6. The molecule has 4 aromatic rings. The van der Waals surface area contributed by atoms with E-state index in [0.717, 1.165) is 4.31 Å². The number of benzene rings is 3. The second-order valence-corrected chi connectivity index (χ2v) is 13.1. The summed E-state index contributed by atoms with van der Waals surface area (Å²) in [6.45, 7) is 3.48. The smallest absolute Gasteiger partial charge is 0.404 e. The Morgan fingerprint density at radius 3 is 2.51 bits per heavy atom. The fourth-order valence-corrected chi connectivity index (χ4v) is 6.65. The van der Waals surface area contributed by atoms with Crippen molar-refractivity contribution in [1.82, 2.24) is 19.8 Å². The molecule has 0 fully saturated rings. The van der Waals surface area contributed by atoms with E-state index in [9.17, 15) is 23.4 Å². The van der Waals surface area contributed by atoms with Gasteiger partial charge < -0.3 is 39.0 Å². The molecule has 5 rings (SSSR count). The lowest BCUT2D eigenvalue weighted by Gasteiger charge is -2.30. The first-order chi connectivity index (χ1) is 22.5. The molecule has 0 spiro atoms. The van der Waals surface area contributed by atoms with Crippen molar-refractivity contribution >= 4 is 16.1 Å². The third kappa shape index (κ3) is 8.30. The second-order valence-electron chi connectivity index (χ2n) is 11.2. The number of nitrogens with zero attached hydrogens (tertiary/aromatic N) is 3. The Hall–Kier alpha value is -4.86. The Bertz CT molecular complexity index is 1780. The van der Waals surface area contributed by atoms with E-state index in [1.54, 1.807) is 43.5 Å². The molecule has 0 saturated carbocycles. The quantitative estimate of drug-likeness (QED) is 0.166. The van der Waals surface area contributed by atoms with Gasteiger partial charge in [-0.1, -0.05) is 43.3 Å². The number of nitrogens with one attached hydrogen (secondary N) is 1. The van der Waals surface area contributed by atoms with Crippen LogP contribution >= 0.6 is 0 Å². The minimum absolute atomic E-state index is 0.00664. The normalized spacial score (nSPS) is 13.8. The molecular formula is C32H36N4O10S. The van der Waals surface area contributed by atoms with Crippen molar-refractivity contribution in [3.63, 3.8) is 0 Å². The van der Waals surface area contributed by atoms with Crippen LogP contribution in [0.25, 0.3) is 11.5 Å². The van der Waals surface area contributed by atoms with Crippen LogP contribution in [-0.4, -0.2) is 78.3 Å². The molecule has 2 atom stereocenters. The molecular weight excluding hydrogens is 632 g/mol. The number of carbonyl (C=O) groups is 1. The van der Waals surface area contributed by atoms with Gasteiger partial charge in [0.1, 0.15) is 11.5 Å². The van der Waals surface area contributed by atoms with Gasteiger partial charge in [-0.3, -0.25) is 0 Å². The highest BCUT2D eigenvalue weighted by molar-refractivity contribution is 7.89. The number of carboxylic acid groups (broad SMARTS) is 1. The molecule has 1 aliphatic rings. The van der Waals surface area contributed by atoms with Crippen molar-refractivity contribution in [2.75, 3.05) is 27.0 Å². The largest absolute Gasteiger partial charge is 0.496 e. The zero-order valence-electron chi connectivity index (χ0n) is 26.0. The summed E-state index contributed by atoms with van der Waals surface area (Å²) in [7, 11) is -2.52. The number of rotatable bonds is 15. The van der Waals surface area contributed by atoms with E-state index in [1.807, 2.05) is 26.0 Å². The standard InChI is InChI=1S/C32H36N4O10S/c1-20(2)16-36(47(40,41)23-12-13-28-29(15-23)45-19-44-28)17-26(37)25(33-32(38)39)14-21-8-10-22(11-9-21)43-18-30-34-31(46-35-30)24-6-4-5-7-27(24)42-3/h4-13,15,20,25-26,33,37H,14,16-19H2,1-3H3,(H,38,39)/t25-,26+/m0/s1. The van der Waals surface area contributed by atoms with Crippen LogP contribution in [0.15, 0.2) is 76.1 Å².